The van der Waals surface area contributed by atoms with Crippen LogP contribution in [-0.4, -0.2) is 17.9 Å². The van der Waals surface area contributed by atoms with E-state index in [1.807, 2.05) is 18.2 Å². The van der Waals surface area contributed by atoms with Gasteiger partial charge in [-0.25, -0.2) is 0 Å². The lowest BCUT2D eigenvalue weighted by molar-refractivity contribution is -0.125. The molecule has 0 N–H and O–H groups in total. The van der Waals surface area contributed by atoms with Gasteiger partial charge < -0.3 is 9.32 Å². The summed E-state index contributed by atoms with van der Waals surface area (Å²) in [5, 5.41) is 1.15. The predicted octanol–water partition coefficient (Wildman–Crippen LogP) is 3.53. The highest BCUT2D eigenvalue weighted by Gasteiger charge is 2.16. The standard InChI is InChI=1S/C16H19NO2/c1-4-8-12-13-9-6-7-10-14(13)19-15(12)11-17(3)16(18)5-2/h5-7,9-10H,2,4,8,11H2,1,3H3. The van der Waals surface area contributed by atoms with Gasteiger partial charge in [0.1, 0.15) is 11.3 Å². The summed E-state index contributed by atoms with van der Waals surface area (Å²) in [7, 11) is 1.76. The summed E-state index contributed by atoms with van der Waals surface area (Å²) in [4.78, 5) is 13.2. The Morgan fingerprint density at radius 1 is 1.42 bits per heavy atom. The van der Waals surface area contributed by atoms with Gasteiger partial charge in [-0.15, -0.1) is 0 Å². The van der Waals surface area contributed by atoms with E-state index in [1.54, 1.807) is 11.9 Å². The average molecular weight is 257 g/mol. The van der Waals surface area contributed by atoms with Crippen molar-refractivity contribution in [2.24, 2.45) is 0 Å². The van der Waals surface area contributed by atoms with E-state index in [9.17, 15) is 4.79 Å². The van der Waals surface area contributed by atoms with Crippen molar-refractivity contribution in [3.05, 3.63) is 48.2 Å². The zero-order valence-corrected chi connectivity index (χ0v) is 11.5. The number of para-hydroxylation sites is 1. The second-order valence-corrected chi connectivity index (χ2v) is 4.65. The zero-order chi connectivity index (χ0) is 13.8. The van der Waals surface area contributed by atoms with Gasteiger partial charge in [0, 0.05) is 18.0 Å². The van der Waals surface area contributed by atoms with Crippen molar-refractivity contribution < 1.29 is 9.21 Å². The summed E-state index contributed by atoms with van der Waals surface area (Å²) in [6.45, 7) is 6.13. The highest BCUT2D eigenvalue weighted by Crippen LogP contribution is 2.27. The molecule has 0 aliphatic heterocycles. The fourth-order valence-corrected chi connectivity index (χ4v) is 2.25. The van der Waals surface area contributed by atoms with Crippen molar-refractivity contribution in [1.29, 1.82) is 0 Å². The molecular formula is C16H19NO2. The lowest BCUT2D eigenvalue weighted by atomic mass is 10.1. The molecule has 2 rings (SSSR count). The molecule has 2 aromatic rings. The molecule has 0 spiro atoms. The first-order chi connectivity index (χ1) is 9.17. The Bertz CT molecular complexity index is 598. The highest BCUT2D eigenvalue weighted by molar-refractivity contribution is 5.87. The van der Waals surface area contributed by atoms with Crippen molar-refractivity contribution in [3.8, 4) is 0 Å². The molecule has 0 aliphatic rings. The minimum absolute atomic E-state index is 0.0945. The van der Waals surface area contributed by atoms with Crippen molar-refractivity contribution in [3.63, 3.8) is 0 Å². The fourth-order valence-electron chi connectivity index (χ4n) is 2.25. The molecule has 0 radical (unpaired) electrons. The number of hydrogen-bond donors (Lipinski definition) is 0. The first-order valence-electron chi connectivity index (χ1n) is 6.54. The molecule has 3 heteroatoms. The second-order valence-electron chi connectivity index (χ2n) is 4.65. The van der Waals surface area contributed by atoms with E-state index >= 15 is 0 Å². The van der Waals surface area contributed by atoms with Gasteiger partial charge in [-0.05, 0) is 18.6 Å². The maximum Gasteiger partial charge on any atom is 0.246 e. The van der Waals surface area contributed by atoms with Crippen molar-refractivity contribution >= 4 is 16.9 Å². The van der Waals surface area contributed by atoms with E-state index in [2.05, 4.69) is 19.6 Å². The van der Waals surface area contributed by atoms with Crippen LogP contribution in [0.5, 0.6) is 0 Å². The SMILES string of the molecule is C=CC(=O)N(C)Cc1oc2ccccc2c1CCC. The number of likely N-dealkylation sites (N-methyl/N-ethyl adjacent to an activating group) is 1. The van der Waals surface area contributed by atoms with Crippen LogP contribution in [0, 0.1) is 0 Å². The summed E-state index contributed by atoms with van der Waals surface area (Å²) in [5.74, 6) is 0.781. The van der Waals surface area contributed by atoms with E-state index in [4.69, 9.17) is 4.42 Å². The number of benzene rings is 1. The number of furan rings is 1. The highest BCUT2D eigenvalue weighted by atomic mass is 16.3. The Morgan fingerprint density at radius 2 is 2.16 bits per heavy atom. The van der Waals surface area contributed by atoms with Gasteiger partial charge in [0.25, 0.3) is 0 Å². The average Bonchev–Trinajstić information content (AvgIpc) is 2.76. The third kappa shape index (κ3) is 2.70. The third-order valence-corrected chi connectivity index (χ3v) is 3.21. The maximum absolute atomic E-state index is 11.6. The summed E-state index contributed by atoms with van der Waals surface area (Å²) in [5.41, 5.74) is 2.10. The topological polar surface area (TPSA) is 33.5 Å². The summed E-state index contributed by atoms with van der Waals surface area (Å²) in [6.07, 6.45) is 3.33. The Kier molecular flexibility index (Phi) is 4.05. The Morgan fingerprint density at radius 3 is 2.84 bits per heavy atom. The molecule has 1 aromatic heterocycles. The zero-order valence-electron chi connectivity index (χ0n) is 11.5. The van der Waals surface area contributed by atoms with Crippen molar-refractivity contribution in [2.45, 2.75) is 26.3 Å². The van der Waals surface area contributed by atoms with Gasteiger partial charge in [-0.2, -0.15) is 0 Å². The monoisotopic (exact) mass is 257 g/mol. The predicted molar refractivity (Wildman–Crippen MR) is 76.9 cm³/mol. The third-order valence-electron chi connectivity index (χ3n) is 3.21. The number of amides is 1. The largest absolute Gasteiger partial charge is 0.459 e. The molecule has 0 saturated carbocycles. The van der Waals surface area contributed by atoms with Crippen LogP contribution in [0.1, 0.15) is 24.7 Å². The Labute approximate surface area is 113 Å². The van der Waals surface area contributed by atoms with E-state index in [1.165, 1.54) is 11.6 Å². The van der Waals surface area contributed by atoms with Crippen LogP contribution in [0.4, 0.5) is 0 Å². The number of fused-ring (bicyclic) bond motifs is 1. The van der Waals surface area contributed by atoms with Crippen LogP contribution in [-0.2, 0) is 17.8 Å². The normalized spacial score (nSPS) is 10.6. The van der Waals surface area contributed by atoms with E-state index in [-0.39, 0.29) is 5.91 Å². The van der Waals surface area contributed by atoms with Crippen LogP contribution in [0.3, 0.4) is 0 Å². The van der Waals surface area contributed by atoms with E-state index in [0.29, 0.717) is 6.54 Å². The first-order valence-corrected chi connectivity index (χ1v) is 6.54. The number of rotatable bonds is 5. The lowest BCUT2D eigenvalue weighted by Gasteiger charge is -2.14. The molecule has 19 heavy (non-hydrogen) atoms. The van der Waals surface area contributed by atoms with Crippen LogP contribution in [0.25, 0.3) is 11.0 Å². The van der Waals surface area contributed by atoms with Gasteiger partial charge in [-0.3, -0.25) is 4.79 Å². The second kappa shape index (κ2) is 5.74. The molecule has 0 atom stereocenters. The van der Waals surface area contributed by atoms with Crippen molar-refractivity contribution in [2.75, 3.05) is 7.05 Å². The summed E-state index contributed by atoms with van der Waals surface area (Å²) >= 11 is 0. The smallest absolute Gasteiger partial charge is 0.246 e. The van der Waals surface area contributed by atoms with Crippen LogP contribution >= 0.6 is 0 Å². The number of nitrogens with zero attached hydrogens (tertiary/aromatic N) is 1. The molecule has 1 heterocycles. The Balaban J connectivity index is 2.38. The molecule has 1 amide bonds. The molecule has 0 unspecified atom stereocenters. The van der Waals surface area contributed by atoms with E-state index < -0.39 is 0 Å². The van der Waals surface area contributed by atoms with Crippen LogP contribution in [0.2, 0.25) is 0 Å². The van der Waals surface area contributed by atoms with Crippen molar-refractivity contribution in [1.82, 2.24) is 4.90 Å². The van der Waals surface area contributed by atoms with Gasteiger partial charge in [0.05, 0.1) is 6.54 Å². The molecular weight excluding hydrogens is 238 g/mol. The summed E-state index contributed by atoms with van der Waals surface area (Å²) < 4.78 is 5.89. The van der Waals surface area contributed by atoms with Gasteiger partial charge >= 0.3 is 0 Å². The van der Waals surface area contributed by atoms with Gasteiger partial charge in [0.2, 0.25) is 5.91 Å². The number of carbonyl (C=O) groups is 1. The first kappa shape index (κ1) is 13.4. The minimum Gasteiger partial charge on any atom is -0.459 e. The molecule has 0 bridgehead atoms. The molecule has 0 fully saturated rings. The van der Waals surface area contributed by atoms with Gasteiger partial charge in [0.15, 0.2) is 0 Å². The molecule has 0 saturated heterocycles. The van der Waals surface area contributed by atoms with Crippen LogP contribution < -0.4 is 0 Å². The molecule has 0 aliphatic carbocycles. The molecule has 1 aromatic carbocycles. The quantitative estimate of drug-likeness (QED) is 0.768. The number of aryl methyl sites for hydroxylation is 1. The lowest BCUT2D eigenvalue weighted by Crippen LogP contribution is -2.24. The van der Waals surface area contributed by atoms with Crippen LogP contribution in [0.15, 0.2) is 41.3 Å². The minimum atomic E-state index is -0.0945. The Hall–Kier alpha value is -2.03. The van der Waals surface area contributed by atoms with E-state index in [0.717, 1.165) is 29.6 Å². The number of hydrogen-bond acceptors (Lipinski definition) is 2. The van der Waals surface area contributed by atoms with Gasteiger partial charge in [-0.1, -0.05) is 38.1 Å². The fraction of sp³-hybridized carbons (Fsp3) is 0.312. The molecule has 100 valence electrons. The number of carbonyl (C=O) groups excluding carboxylic acids is 1. The molecule has 3 nitrogen and oxygen atoms in total. The summed E-state index contributed by atoms with van der Waals surface area (Å²) in [6, 6.07) is 8.01. The maximum atomic E-state index is 11.6.